The summed E-state index contributed by atoms with van der Waals surface area (Å²) in [5, 5.41) is 16.8. The number of rotatable bonds is 6. The van der Waals surface area contributed by atoms with Crippen LogP contribution in [0.4, 0.5) is 0 Å². The Labute approximate surface area is 150 Å². The summed E-state index contributed by atoms with van der Waals surface area (Å²) < 4.78 is 6.12. The van der Waals surface area contributed by atoms with Gasteiger partial charge < -0.3 is 25.9 Å². The van der Waals surface area contributed by atoms with E-state index in [2.05, 4.69) is 13.8 Å². The van der Waals surface area contributed by atoms with Crippen molar-refractivity contribution in [2.75, 3.05) is 13.2 Å². The largest absolute Gasteiger partial charge is 0.503 e. The molecule has 2 fully saturated rings. The zero-order valence-corrected chi connectivity index (χ0v) is 15.5. The minimum absolute atomic E-state index is 0.141. The summed E-state index contributed by atoms with van der Waals surface area (Å²) in [5.41, 5.74) is 6.24. The number of hydrogen-bond donors (Lipinski definition) is 3. The lowest BCUT2D eigenvalue weighted by Gasteiger charge is -2.40. The van der Waals surface area contributed by atoms with Crippen molar-refractivity contribution in [3.05, 3.63) is 11.8 Å². The molecular formula is C19H33N3O3. The van der Waals surface area contributed by atoms with Gasteiger partial charge in [-0.15, -0.1) is 0 Å². The molecule has 1 aliphatic heterocycles. The van der Waals surface area contributed by atoms with Crippen molar-refractivity contribution in [2.24, 2.45) is 17.6 Å². The van der Waals surface area contributed by atoms with Gasteiger partial charge in [-0.1, -0.05) is 13.8 Å². The van der Waals surface area contributed by atoms with Crippen LogP contribution < -0.4 is 5.73 Å². The average Bonchev–Trinajstić information content (AvgIpc) is 2.60. The Morgan fingerprint density at radius 1 is 1.32 bits per heavy atom. The van der Waals surface area contributed by atoms with E-state index >= 15 is 0 Å². The minimum atomic E-state index is -0.462. The third-order valence-electron chi connectivity index (χ3n) is 5.72. The summed E-state index contributed by atoms with van der Waals surface area (Å²) in [5.74, 6) is 0.643. The number of aliphatic hydroxyl groups excluding tert-OH is 1. The SMILES string of the molecule is CC(C)C1CCC(OC[C@H]2[C@@H](N)CCCN2C(=O)/C(O)=C/C=N)CC1. The zero-order valence-electron chi connectivity index (χ0n) is 15.5. The lowest BCUT2D eigenvalue weighted by Crippen LogP contribution is -2.57. The van der Waals surface area contributed by atoms with Crippen molar-refractivity contribution < 1.29 is 14.6 Å². The first kappa shape index (κ1) is 19.9. The number of ether oxygens (including phenoxy) is 1. The molecule has 2 aliphatic rings. The Balaban J connectivity index is 1.92. The van der Waals surface area contributed by atoms with E-state index in [9.17, 15) is 9.90 Å². The van der Waals surface area contributed by atoms with E-state index in [-0.39, 0.29) is 18.2 Å². The highest BCUT2D eigenvalue weighted by atomic mass is 16.5. The number of amides is 1. The second kappa shape index (κ2) is 9.34. The fourth-order valence-electron chi connectivity index (χ4n) is 4.01. The topological polar surface area (TPSA) is 99.6 Å². The van der Waals surface area contributed by atoms with Crippen LogP contribution in [0.5, 0.6) is 0 Å². The number of nitrogens with two attached hydrogens (primary N) is 1. The van der Waals surface area contributed by atoms with Crippen molar-refractivity contribution >= 4 is 12.1 Å². The molecule has 1 saturated carbocycles. The second-order valence-electron chi connectivity index (χ2n) is 7.70. The molecule has 0 aromatic heterocycles. The van der Waals surface area contributed by atoms with Crippen LogP contribution >= 0.6 is 0 Å². The highest BCUT2D eigenvalue weighted by Crippen LogP contribution is 2.31. The maximum atomic E-state index is 12.4. The summed E-state index contributed by atoms with van der Waals surface area (Å²) in [6.45, 7) is 5.55. The van der Waals surface area contributed by atoms with Crippen molar-refractivity contribution in [3.8, 4) is 0 Å². The van der Waals surface area contributed by atoms with Gasteiger partial charge >= 0.3 is 0 Å². The first-order valence-electron chi connectivity index (χ1n) is 9.52. The van der Waals surface area contributed by atoms with E-state index in [1.165, 1.54) is 12.8 Å². The molecular weight excluding hydrogens is 318 g/mol. The summed E-state index contributed by atoms with van der Waals surface area (Å²) >= 11 is 0. The Morgan fingerprint density at radius 3 is 2.60 bits per heavy atom. The standard InChI is InChI=1S/C19H33N3O3/c1-13(2)14-5-7-15(8-6-14)25-12-17-16(21)4-3-11-22(17)19(24)18(23)9-10-20/h9-10,13-17,20,23H,3-8,11-12,21H2,1-2H3/b18-9-,20-10?/t14?,15?,16-,17-/m0/s1. The molecule has 0 aromatic carbocycles. The maximum absolute atomic E-state index is 12.4. The molecule has 142 valence electrons. The summed E-state index contributed by atoms with van der Waals surface area (Å²) in [4.78, 5) is 14.0. The highest BCUT2D eigenvalue weighted by molar-refractivity contribution is 5.94. The molecule has 25 heavy (non-hydrogen) atoms. The predicted octanol–water partition coefficient (Wildman–Crippen LogP) is 2.63. The van der Waals surface area contributed by atoms with Gasteiger partial charge in [0.15, 0.2) is 5.76 Å². The van der Waals surface area contributed by atoms with Gasteiger partial charge in [-0.3, -0.25) is 4.79 Å². The fraction of sp³-hybridized carbons (Fsp3) is 0.789. The van der Waals surface area contributed by atoms with E-state index in [1.54, 1.807) is 4.90 Å². The van der Waals surface area contributed by atoms with Crippen LogP contribution in [0.2, 0.25) is 0 Å². The van der Waals surface area contributed by atoms with E-state index in [0.29, 0.717) is 13.2 Å². The predicted molar refractivity (Wildman–Crippen MR) is 98.7 cm³/mol. The molecule has 4 N–H and O–H groups in total. The minimum Gasteiger partial charge on any atom is -0.503 e. The van der Waals surface area contributed by atoms with Crippen LogP contribution in [0, 0.1) is 17.2 Å². The molecule has 0 unspecified atom stereocenters. The number of hydrogen-bond acceptors (Lipinski definition) is 5. The fourth-order valence-corrected chi connectivity index (χ4v) is 4.01. The van der Waals surface area contributed by atoms with Gasteiger partial charge in [0.05, 0.1) is 18.8 Å². The lowest BCUT2D eigenvalue weighted by molar-refractivity contribution is -0.137. The van der Waals surface area contributed by atoms with Crippen LogP contribution in [0.25, 0.3) is 0 Å². The van der Waals surface area contributed by atoms with Crippen molar-refractivity contribution in [3.63, 3.8) is 0 Å². The Bertz CT molecular complexity index is 484. The Hall–Kier alpha value is -1.40. The first-order valence-corrected chi connectivity index (χ1v) is 9.52. The van der Waals surface area contributed by atoms with Crippen LogP contribution in [0.3, 0.4) is 0 Å². The monoisotopic (exact) mass is 351 g/mol. The molecule has 1 saturated heterocycles. The molecule has 2 atom stereocenters. The van der Waals surface area contributed by atoms with Crippen LogP contribution in [-0.2, 0) is 9.53 Å². The molecule has 0 bridgehead atoms. The molecule has 6 nitrogen and oxygen atoms in total. The average molecular weight is 351 g/mol. The highest BCUT2D eigenvalue weighted by Gasteiger charge is 2.35. The molecule has 1 amide bonds. The number of carbonyl (C=O) groups is 1. The van der Waals surface area contributed by atoms with E-state index in [1.807, 2.05) is 0 Å². The third-order valence-corrected chi connectivity index (χ3v) is 5.72. The van der Waals surface area contributed by atoms with Gasteiger partial charge in [0.1, 0.15) is 0 Å². The van der Waals surface area contributed by atoms with E-state index in [4.69, 9.17) is 15.9 Å². The first-order chi connectivity index (χ1) is 11.9. The van der Waals surface area contributed by atoms with Crippen LogP contribution in [0.1, 0.15) is 52.4 Å². The lowest BCUT2D eigenvalue weighted by atomic mass is 9.80. The van der Waals surface area contributed by atoms with Gasteiger partial charge in [-0.2, -0.15) is 0 Å². The van der Waals surface area contributed by atoms with Gasteiger partial charge in [0.25, 0.3) is 5.91 Å². The number of aliphatic hydroxyl groups is 1. The number of likely N-dealkylation sites (tertiary alicyclic amines) is 1. The second-order valence-corrected chi connectivity index (χ2v) is 7.70. The number of allylic oxidation sites excluding steroid dienone is 1. The maximum Gasteiger partial charge on any atom is 0.289 e. The molecule has 2 rings (SSSR count). The summed E-state index contributed by atoms with van der Waals surface area (Å²) in [6, 6.07) is -0.358. The van der Waals surface area contributed by atoms with E-state index in [0.717, 1.165) is 49.8 Å². The number of nitrogens with one attached hydrogen (secondary N) is 1. The molecule has 6 heteroatoms. The smallest absolute Gasteiger partial charge is 0.289 e. The van der Waals surface area contributed by atoms with Crippen LogP contribution in [0.15, 0.2) is 11.8 Å². The summed E-state index contributed by atoms with van der Waals surface area (Å²) in [7, 11) is 0. The molecule has 1 heterocycles. The molecule has 1 aliphatic carbocycles. The van der Waals surface area contributed by atoms with Crippen molar-refractivity contribution in [1.82, 2.24) is 4.90 Å². The number of piperidine rings is 1. The number of carbonyl (C=O) groups excluding carboxylic acids is 1. The molecule has 0 aromatic rings. The van der Waals surface area contributed by atoms with E-state index < -0.39 is 11.7 Å². The number of nitrogens with zero attached hydrogens (tertiary/aromatic N) is 1. The normalized spacial score (nSPS) is 31.2. The van der Waals surface area contributed by atoms with Gasteiger partial charge in [-0.05, 0) is 50.4 Å². The quantitative estimate of drug-likeness (QED) is 0.389. The Kier molecular flexibility index (Phi) is 7.44. The van der Waals surface area contributed by atoms with Gasteiger partial charge in [-0.25, -0.2) is 0 Å². The summed E-state index contributed by atoms with van der Waals surface area (Å²) in [6.07, 6.45) is 8.47. The molecule has 0 spiro atoms. The molecule has 0 radical (unpaired) electrons. The van der Waals surface area contributed by atoms with Gasteiger partial charge in [0, 0.05) is 24.9 Å². The van der Waals surface area contributed by atoms with Crippen LogP contribution in [-0.4, -0.2) is 53.5 Å². The third kappa shape index (κ3) is 5.28. The van der Waals surface area contributed by atoms with Gasteiger partial charge in [0.2, 0.25) is 0 Å². The van der Waals surface area contributed by atoms with Crippen molar-refractivity contribution in [1.29, 1.82) is 5.41 Å². The zero-order chi connectivity index (χ0) is 18.4. The van der Waals surface area contributed by atoms with Crippen molar-refractivity contribution in [2.45, 2.75) is 70.6 Å². The Morgan fingerprint density at radius 2 is 2.00 bits per heavy atom.